The summed E-state index contributed by atoms with van der Waals surface area (Å²) in [6, 6.07) is -2.98. The van der Waals surface area contributed by atoms with E-state index in [4.69, 9.17) is 19.7 Å². The van der Waals surface area contributed by atoms with Gasteiger partial charge in [-0.1, -0.05) is 0 Å². The third-order valence-electron chi connectivity index (χ3n) is 3.71. The molecule has 0 aromatic carbocycles. The fraction of sp³-hybridized carbons (Fsp3) is 0.818. The number of aliphatic carboxylic acids is 2. The number of carboxylic acids is 2. The SMILES string of the molecule is O=C(O)C1COCN1CC(CN1COCC1C(=O)O)[N+](=O)[O-]. The molecule has 124 valence electrons. The van der Waals surface area contributed by atoms with Gasteiger partial charge in [0.05, 0.1) is 26.3 Å². The van der Waals surface area contributed by atoms with Crippen LogP contribution in [0.2, 0.25) is 0 Å². The van der Waals surface area contributed by atoms with Crippen molar-refractivity contribution in [1.82, 2.24) is 9.80 Å². The zero-order chi connectivity index (χ0) is 16.3. The quantitative estimate of drug-likeness (QED) is 0.404. The number of hydrogen-bond donors (Lipinski definition) is 2. The topological polar surface area (TPSA) is 143 Å². The van der Waals surface area contributed by atoms with Crippen molar-refractivity contribution in [3.63, 3.8) is 0 Å². The summed E-state index contributed by atoms with van der Waals surface area (Å²) < 4.78 is 10.1. The molecule has 0 saturated carbocycles. The molecule has 0 aromatic rings. The molecule has 2 atom stereocenters. The molecule has 11 heteroatoms. The predicted octanol–water partition coefficient (Wildman–Crippen LogP) is -1.88. The maximum atomic E-state index is 11.2. The fourth-order valence-electron chi connectivity index (χ4n) is 2.50. The normalized spacial score (nSPS) is 27.8. The molecule has 0 radical (unpaired) electrons. The van der Waals surface area contributed by atoms with Crippen LogP contribution in [0.5, 0.6) is 0 Å². The standard InChI is InChI=1S/C11H17N3O8/c15-10(16)8-3-21-5-12(8)1-7(14(19)20)2-13-6-22-4-9(13)11(17)18/h7-9H,1-6H2,(H,15,16)(H,17,18). The molecule has 0 spiro atoms. The Kier molecular flexibility index (Phi) is 5.24. The van der Waals surface area contributed by atoms with Gasteiger partial charge in [-0.15, -0.1) is 0 Å². The van der Waals surface area contributed by atoms with Crippen LogP contribution in [0.25, 0.3) is 0 Å². The van der Waals surface area contributed by atoms with E-state index in [1.54, 1.807) is 0 Å². The largest absolute Gasteiger partial charge is 0.480 e. The summed E-state index contributed by atoms with van der Waals surface area (Å²) in [6.07, 6.45) is 0. The van der Waals surface area contributed by atoms with Crippen LogP contribution in [0.3, 0.4) is 0 Å². The van der Waals surface area contributed by atoms with Gasteiger partial charge < -0.3 is 19.7 Å². The predicted molar refractivity (Wildman–Crippen MR) is 68.7 cm³/mol. The van der Waals surface area contributed by atoms with Crippen LogP contribution in [0.1, 0.15) is 0 Å². The average Bonchev–Trinajstić information content (AvgIpc) is 3.06. The highest BCUT2D eigenvalue weighted by Crippen LogP contribution is 2.15. The van der Waals surface area contributed by atoms with Crippen molar-refractivity contribution >= 4 is 11.9 Å². The van der Waals surface area contributed by atoms with Gasteiger partial charge >= 0.3 is 11.9 Å². The second-order valence-corrected chi connectivity index (χ2v) is 5.19. The van der Waals surface area contributed by atoms with E-state index in [1.807, 2.05) is 0 Å². The molecule has 11 nitrogen and oxygen atoms in total. The van der Waals surface area contributed by atoms with Crippen molar-refractivity contribution in [2.45, 2.75) is 18.1 Å². The average molecular weight is 319 g/mol. The van der Waals surface area contributed by atoms with Gasteiger partial charge in [0.1, 0.15) is 25.5 Å². The number of rotatable bonds is 7. The highest BCUT2D eigenvalue weighted by atomic mass is 16.6. The van der Waals surface area contributed by atoms with E-state index in [2.05, 4.69) is 0 Å². The Morgan fingerprint density at radius 2 is 1.50 bits per heavy atom. The second-order valence-electron chi connectivity index (χ2n) is 5.19. The molecule has 2 saturated heterocycles. The minimum atomic E-state index is -1.13. The van der Waals surface area contributed by atoms with Crippen molar-refractivity contribution in [2.24, 2.45) is 0 Å². The Bertz CT molecular complexity index is 425. The first-order valence-electron chi connectivity index (χ1n) is 6.63. The lowest BCUT2D eigenvalue weighted by atomic mass is 10.2. The summed E-state index contributed by atoms with van der Waals surface area (Å²) in [5.74, 6) is -2.21. The van der Waals surface area contributed by atoms with Crippen LogP contribution in [0.4, 0.5) is 0 Å². The van der Waals surface area contributed by atoms with Crippen molar-refractivity contribution in [3.05, 3.63) is 10.1 Å². The number of hydrogen-bond acceptors (Lipinski definition) is 8. The summed E-state index contributed by atoms with van der Waals surface area (Å²) in [6.45, 7) is -0.311. The number of carbonyl (C=O) groups is 2. The molecule has 2 unspecified atom stereocenters. The molecule has 2 aliphatic heterocycles. The molecule has 22 heavy (non-hydrogen) atoms. The molecule has 2 fully saturated rings. The van der Waals surface area contributed by atoms with Gasteiger partial charge in [0.15, 0.2) is 0 Å². The highest BCUT2D eigenvalue weighted by Gasteiger charge is 2.40. The molecular weight excluding hydrogens is 302 g/mol. The zero-order valence-electron chi connectivity index (χ0n) is 11.7. The maximum absolute atomic E-state index is 11.2. The lowest BCUT2D eigenvalue weighted by Crippen LogP contribution is -2.50. The van der Waals surface area contributed by atoms with Crippen LogP contribution >= 0.6 is 0 Å². The Balaban J connectivity index is 2.00. The first-order valence-corrected chi connectivity index (χ1v) is 6.63. The third-order valence-corrected chi connectivity index (χ3v) is 3.71. The smallest absolute Gasteiger partial charge is 0.323 e. The van der Waals surface area contributed by atoms with Crippen molar-refractivity contribution in [1.29, 1.82) is 0 Å². The Morgan fingerprint density at radius 1 is 1.09 bits per heavy atom. The van der Waals surface area contributed by atoms with Gasteiger partial charge in [0.25, 0.3) is 0 Å². The second kappa shape index (κ2) is 6.96. The fourth-order valence-corrected chi connectivity index (χ4v) is 2.50. The maximum Gasteiger partial charge on any atom is 0.323 e. The first kappa shape index (κ1) is 16.5. The molecule has 0 aliphatic carbocycles. The molecule has 2 aliphatic rings. The van der Waals surface area contributed by atoms with Gasteiger partial charge in [-0.3, -0.25) is 29.5 Å². The minimum absolute atomic E-state index is 0.000164. The summed E-state index contributed by atoms with van der Waals surface area (Å²) in [5, 5.41) is 29.3. The zero-order valence-corrected chi connectivity index (χ0v) is 11.7. The first-order chi connectivity index (χ1) is 10.4. The Morgan fingerprint density at radius 3 is 1.82 bits per heavy atom. The molecule has 0 amide bonds. The van der Waals surface area contributed by atoms with E-state index in [9.17, 15) is 19.7 Å². The third kappa shape index (κ3) is 3.68. The Hall–Kier alpha value is -1.82. The summed E-state index contributed by atoms with van der Waals surface area (Å²) >= 11 is 0. The lowest BCUT2D eigenvalue weighted by molar-refractivity contribution is -0.523. The molecule has 2 N–H and O–H groups in total. The number of nitro groups is 1. The summed E-state index contributed by atoms with van der Waals surface area (Å²) in [7, 11) is 0. The molecule has 0 aromatic heterocycles. The minimum Gasteiger partial charge on any atom is -0.480 e. The summed E-state index contributed by atoms with van der Waals surface area (Å²) in [5.41, 5.74) is 0. The molecule has 0 bridgehead atoms. The van der Waals surface area contributed by atoms with Gasteiger partial charge in [-0.25, -0.2) is 0 Å². The van der Waals surface area contributed by atoms with Crippen molar-refractivity contribution in [3.8, 4) is 0 Å². The van der Waals surface area contributed by atoms with Gasteiger partial charge in [-0.2, -0.15) is 0 Å². The number of carboxylic acid groups (broad SMARTS) is 2. The van der Waals surface area contributed by atoms with Crippen LogP contribution in [0.15, 0.2) is 0 Å². The van der Waals surface area contributed by atoms with Gasteiger partial charge in [0.2, 0.25) is 6.04 Å². The molecule has 2 rings (SSSR count). The highest BCUT2D eigenvalue weighted by molar-refractivity contribution is 5.74. The van der Waals surface area contributed by atoms with Crippen LogP contribution < -0.4 is 0 Å². The Labute approximate surface area is 125 Å². The number of ether oxygens (including phenoxy) is 2. The van der Waals surface area contributed by atoms with Crippen molar-refractivity contribution in [2.75, 3.05) is 39.8 Å². The van der Waals surface area contributed by atoms with E-state index >= 15 is 0 Å². The van der Waals surface area contributed by atoms with Gasteiger partial charge in [0, 0.05) is 4.92 Å². The molecular formula is C11H17N3O8. The van der Waals surface area contributed by atoms with Gasteiger partial charge in [-0.05, 0) is 0 Å². The van der Waals surface area contributed by atoms with Crippen LogP contribution in [-0.2, 0) is 19.1 Å². The summed E-state index contributed by atoms with van der Waals surface area (Å²) in [4.78, 5) is 35.5. The number of nitrogens with zero attached hydrogens (tertiary/aromatic N) is 3. The van der Waals surface area contributed by atoms with E-state index < -0.39 is 35.0 Å². The van der Waals surface area contributed by atoms with E-state index in [0.29, 0.717) is 0 Å². The van der Waals surface area contributed by atoms with Crippen molar-refractivity contribution < 1.29 is 34.2 Å². The monoisotopic (exact) mass is 319 g/mol. The van der Waals surface area contributed by atoms with E-state index in [-0.39, 0.29) is 39.8 Å². The van der Waals surface area contributed by atoms with Crippen LogP contribution in [0, 0.1) is 10.1 Å². The van der Waals surface area contributed by atoms with E-state index in [1.165, 1.54) is 9.80 Å². The van der Waals surface area contributed by atoms with Crippen LogP contribution in [-0.4, -0.2) is 94.8 Å². The van der Waals surface area contributed by atoms with E-state index in [0.717, 1.165) is 0 Å². The lowest BCUT2D eigenvalue weighted by Gasteiger charge is -2.24. The molecule has 2 heterocycles.